The van der Waals surface area contributed by atoms with Gasteiger partial charge in [-0.05, 0) is 17.7 Å². The largest absolute Gasteiger partial charge is 0.497 e. The molecule has 1 aromatic heterocycles. The molecular formula is C22H25N5O3. The van der Waals surface area contributed by atoms with Crippen molar-refractivity contribution in [2.75, 3.05) is 33.3 Å². The first kappa shape index (κ1) is 19.9. The van der Waals surface area contributed by atoms with Crippen LogP contribution in [0.5, 0.6) is 5.75 Å². The van der Waals surface area contributed by atoms with Gasteiger partial charge in [-0.1, -0.05) is 47.6 Å². The lowest BCUT2D eigenvalue weighted by atomic mass is 10.2. The van der Waals surface area contributed by atoms with Crippen molar-refractivity contribution in [2.45, 2.75) is 13.1 Å². The van der Waals surface area contributed by atoms with Crippen LogP contribution in [0.3, 0.4) is 0 Å². The van der Waals surface area contributed by atoms with Gasteiger partial charge in [-0.2, -0.15) is 4.98 Å². The normalized spacial score (nSPS) is 14.5. The summed E-state index contributed by atoms with van der Waals surface area (Å²) in [5, 5.41) is 7.04. The minimum Gasteiger partial charge on any atom is -0.497 e. The number of methoxy groups -OCH3 is 1. The Hall–Kier alpha value is -3.39. The van der Waals surface area contributed by atoms with E-state index < -0.39 is 0 Å². The molecule has 0 bridgehead atoms. The molecule has 0 unspecified atom stereocenters. The van der Waals surface area contributed by atoms with Gasteiger partial charge in [0.1, 0.15) is 5.75 Å². The van der Waals surface area contributed by atoms with Gasteiger partial charge in [0.05, 0.1) is 13.7 Å². The van der Waals surface area contributed by atoms with Gasteiger partial charge in [0.2, 0.25) is 11.7 Å². The Morgan fingerprint density at radius 2 is 1.80 bits per heavy atom. The molecule has 30 heavy (non-hydrogen) atoms. The second-order valence-electron chi connectivity index (χ2n) is 7.15. The van der Waals surface area contributed by atoms with Crippen LogP contribution in [-0.4, -0.2) is 59.3 Å². The van der Waals surface area contributed by atoms with Crippen LogP contribution in [-0.2, 0) is 13.1 Å². The lowest BCUT2D eigenvalue weighted by Crippen LogP contribution is -2.51. The molecule has 2 amide bonds. The highest BCUT2D eigenvalue weighted by molar-refractivity contribution is 5.74. The number of aromatic nitrogens is 2. The third-order valence-corrected chi connectivity index (χ3v) is 5.12. The van der Waals surface area contributed by atoms with Crippen molar-refractivity contribution in [3.05, 3.63) is 66.1 Å². The molecule has 0 aliphatic carbocycles. The van der Waals surface area contributed by atoms with Crippen molar-refractivity contribution in [2.24, 2.45) is 0 Å². The molecule has 0 spiro atoms. The number of ether oxygens (including phenoxy) is 1. The average Bonchev–Trinajstić information content (AvgIpc) is 3.27. The van der Waals surface area contributed by atoms with Crippen molar-refractivity contribution in [3.63, 3.8) is 0 Å². The van der Waals surface area contributed by atoms with Crippen LogP contribution in [0.2, 0.25) is 0 Å². The summed E-state index contributed by atoms with van der Waals surface area (Å²) in [4.78, 5) is 21.0. The smallest absolute Gasteiger partial charge is 0.317 e. The summed E-state index contributed by atoms with van der Waals surface area (Å²) in [6.45, 7) is 3.93. The minimum atomic E-state index is -0.0466. The van der Waals surface area contributed by atoms with Crippen LogP contribution in [0.25, 0.3) is 11.4 Å². The summed E-state index contributed by atoms with van der Waals surface area (Å²) < 4.78 is 10.5. The number of urea groups is 1. The zero-order valence-electron chi connectivity index (χ0n) is 17.0. The Morgan fingerprint density at radius 3 is 2.50 bits per heavy atom. The van der Waals surface area contributed by atoms with Crippen molar-refractivity contribution in [3.8, 4) is 17.1 Å². The Labute approximate surface area is 175 Å². The molecule has 1 saturated heterocycles. The number of amides is 2. The maximum absolute atomic E-state index is 12.5. The number of carbonyl (C=O) groups excluding carboxylic acids is 1. The fraction of sp³-hybridized carbons (Fsp3) is 0.318. The van der Waals surface area contributed by atoms with Crippen molar-refractivity contribution < 1.29 is 14.1 Å². The Morgan fingerprint density at radius 1 is 1.07 bits per heavy atom. The molecule has 8 nitrogen and oxygen atoms in total. The zero-order chi connectivity index (χ0) is 20.8. The molecule has 2 heterocycles. The first-order chi connectivity index (χ1) is 14.7. The van der Waals surface area contributed by atoms with E-state index in [1.807, 2.05) is 59.5 Å². The lowest BCUT2D eigenvalue weighted by molar-refractivity contribution is 0.126. The number of nitrogens with zero attached hydrogens (tertiary/aromatic N) is 4. The quantitative estimate of drug-likeness (QED) is 0.677. The van der Waals surface area contributed by atoms with Crippen molar-refractivity contribution in [1.82, 2.24) is 25.3 Å². The third-order valence-electron chi connectivity index (χ3n) is 5.12. The predicted molar refractivity (Wildman–Crippen MR) is 112 cm³/mol. The summed E-state index contributed by atoms with van der Waals surface area (Å²) in [6, 6.07) is 17.4. The van der Waals surface area contributed by atoms with E-state index >= 15 is 0 Å². The van der Waals surface area contributed by atoms with Gasteiger partial charge in [0, 0.05) is 38.3 Å². The van der Waals surface area contributed by atoms with E-state index in [-0.39, 0.29) is 6.03 Å². The van der Waals surface area contributed by atoms with Gasteiger partial charge in [-0.25, -0.2) is 4.79 Å². The van der Waals surface area contributed by atoms with Crippen LogP contribution < -0.4 is 10.1 Å². The van der Waals surface area contributed by atoms with Crippen LogP contribution in [0, 0.1) is 0 Å². The summed E-state index contributed by atoms with van der Waals surface area (Å²) in [5.41, 5.74) is 1.97. The lowest BCUT2D eigenvalue weighted by Gasteiger charge is -2.33. The maximum atomic E-state index is 12.5. The second-order valence-corrected chi connectivity index (χ2v) is 7.15. The Kier molecular flexibility index (Phi) is 6.24. The molecule has 1 N–H and O–H groups in total. The van der Waals surface area contributed by atoms with E-state index in [1.165, 1.54) is 0 Å². The minimum absolute atomic E-state index is 0.0466. The van der Waals surface area contributed by atoms with E-state index in [1.54, 1.807) is 7.11 Å². The summed E-state index contributed by atoms with van der Waals surface area (Å²) >= 11 is 0. The first-order valence-electron chi connectivity index (χ1n) is 9.97. The summed E-state index contributed by atoms with van der Waals surface area (Å²) in [7, 11) is 1.64. The fourth-order valence-corrected chi connectivity index (χ4v) is 3.36. The highest BCUT2D eigenvalue weighted by Gasteiger charge is 2.22. The monoisotopic (exact) mass is 407 g/mol. The average molecular weight is 407 g/mol. The number of piperazine rings is 1. The molecule has 0 atom stereocenters. The first-order valence-corrected chi connectivity index (χ1v) is 9.97. The zero-order valence-corrected chi connectivity index (χ0v) is 17.0. The van der Waals surface area contributed by atoms with E-state index in [2.05, 4.69) is 20.4 Å². The highest BCUT2D eigenvalue weighted by atomic mass is 16.5. The standard InChI is InChI=1S/C22H25N5O3/c1-29-19-9-7-17(8-10-19)15-23-22(28)27-13-11-26(12-14-27)16-20-24-21(25-30-20)18-5-3-2-4-6-18/h2-10H,11-16H2,1H3,(H,23,28). The van der Waals surface area contributed by atoms with Gasteiger partial charge in [-0.3, -0.25) is 4.90 Å². The maximum Gasteiger partial charge on any atom is 0.317 e. The molecule has 1 aliphatic heterocycles. The number of benzene rings is 2. The number of hydrogen-bond acceptors (Lipinski definition) is 6. The summed E-state index contributed by atoms with van der Waals surface area (Å²) in [5.74, 6) is 1.99. The number of rotatable bonds is 6. The van der Waals surface area contributed by atoms with Gasteiger partial charge < -0.3 is 19.5 Å². The van der Waals surface area contributed by atoms with E-state index in [4.69, 9.17) is 9.26 Å². The molecular weight excluding hydrogens is 382 g/mol. The van der Waals surface area contributed by atoms with Crippen LogP contribution >= 0.6 is 0 Å². The van der Waals surface area contributed by atoms with Gasteiger partial charge in [-0.15, -0.1) is 0 Å². The topological polar surface area (TPSA) is 83.7 Å². The number of nitrogens with one attached hydrogen (secondary N) is 1. The predicted octanol–water partition coefficient (Wildman–Crippen LogP) is 2.77. The SMILES string of the molecule is COc1ccc(CNC(=O)N2CCN(Cc3nc(-c4ccccc4)no3)CC2)cc1. The Balaban J connectivity index is 1.22. The molecule has 8 heteroatoms. The van der Waals surface area contributed by atoms with Crippen LogP contribution in [0.1, 0.15) is 11.5 Å². The van der Waals surface area contributed by atoms with E-state index in [0.717, 1.165) is 30.0 Å². The van der Waals surface area contributed by atoms with Crippen molar-refractivity contribution >= 4 is 6.03 Å². The van der Waals surface area contributed by atoms with Gasteiger partial charge >= 0.3 is 6.03 Å². The van der Waals surface area contributed by atoms with Crippen LogP contribution in [0.15, 0.2) is 59.1 Å². The third kappa shape index (κ3) is 4.96. The molecule has 1 aliphatic rings. The number of carbonyl (C=O) groups is 1. The van der Waals surface area contributed by atoms with Crippen molar-refractivity contribution in [1.29, 1.82) is 0 Å². The molecule has 156 valence electrons. The van der Waals surface area contributed by atoms with Crippen LogP contribution in [0.4, 0.5) is 4.79 Å². The highest BCUT2D eigenvalue weighted by Crippen LogP contribution is 2.16. The van der Waals surface area contributed by atoms with E-state index in [9.17, 15) is 4.79 Å². The van der Waals surface area contributed by atoms with E-state index in [0.29, 0.717) is 37.9 Å². The molecule has 0 radical (unpaired) electrons. The number of hydrogen-bond donors (Lipinski definition) is 1. The molecule has 2 aromatic carbocycles. The van der Waals surface area contributed by atoms with Gasteiger partial charge in [0.15, 0.2) is 0 Å². The molecule has 1 fully saturated rings. The molecule has 3 aromatic rings. The van der Waals surface area contributed by atoms with Gasteiger partial charge in [0.25, 0.3) is 0 Å². The fourth-order valence-electron chi connectivity index (χ4n) is 3.36. The Bertz CT molecular complexity index is 950. The second kappa shape index (κ2) is 9.41. The molecule has 4 rings (SSSR count). The summed E-state index contributed by atoms with van der Waals surface area (Å²) in [6.07, 6.45) is 0. The molecule has 0 saturated carbocycles.